The Morgan fingerprint density at radius 3 is 2.59 bits per heavy atom. The quantitative estimate of drug-likeness (QED) is 0.668. The fourth-order valence-electron chi connectivity index (χ4n) is 3.84. The number of halogens is 1. The maximum Gasteiger partial charge on any atom is 0.254 e. The summed E-state index contributed by atoms with van der Waals surface area (Å²) in [6, 6.07) is 5.74. The van der Waals surface area contributed by atoms with Gasteiger partial charge in [0.15, 0.2) is 5.17 Å². The molecule has 0 unspecified atom stereocenters. The Balaban J connectivity index is 1.68. The summed E-state index contributed by atoms with van der Waals surface area (Å²) in [5.74, 6) is 0.106. The molecule has 1 saturated carbocycles. The Bertz CT molecular complexity index is 1010. The van der Waals surface area contributed by atoms with Crippen molar-refractivity contribution in [2.45, 2.75) is 52.1 Å². The van der Waals surface area contributed by atoms with Gasteiger partial charge < -0.3 is 15.1 Å². The van der Waals surface area contributed by atoms with E-state index in [1.807, 2.05) is 31.1 Å². The predicted molar refractivity (Wildman–Crippen MR) is 125 cm³/mol. The second-order valence-electron chi connectivity index (χ2n) is 8.88. The molecule has 2 heterocycles. The molecule has 3 aliphatic rings. The van der Waals surface area contributed by atoms with Crippen LogP contribution in [-0.2, 0) is 9.59 Å². The largest absolute Gasteiger partial charge is 0.355 e. The van der Waals surface area contributed by atoms with Gasteiger partial charge in [0.05, 0.1) is 23.7 Å². The summed E-state index contributed by atoms with van der Waals surface area (Å²) in [7, 11) is 1.77. The average Bonchev–Trinajstić information content (AvgIpc) is 3.51. The fourth-order valence-corrected chi connectivity index (χ4v) is 4.80. The number of allylic oxidation sites excluding steroid dienone is 1. The minimum atomic E-state index is -0.478. The Labute approximate surface area is 192 Å². The van der Waals surface area contributed by atoms with Gasteiger partial charge >= 0.3 is 0 Å². The molecule has 2 aliphatic heterocycles. The van der Waals surface area contributed by atoms with Crippen molar-refractivity contribution < 1.29 is 14.0 Å². The van der Waals surface area contributed by atoms with Crippen LogP contribution in [-0.4, -0.2) is 46.4 Å². The molecule has 0 spiro atoms. The number of aliphatic imine (C=N–C) groups is 1. The molecule has 1 aromatic carbocycles. The van der Waals surface area contributed by atoms with Crippen molar-refractivity contribution in [3.05, 3.63) is 58.0 Å². The van der Waals surface area contributed by atoms with Gasteiger partial charge in [-0.15, -0.1) is 0 Å². The van der Waals surface area contributed by atoms with Crippen molar-refractivity contribution in [3.63, 3.8) is 0 Å². The summed E-state index contributed by atoms with van der Waals surface area (Å²) in [6.07, 6.45) is 2.55. The minimum absolute atomic E-state index is 0.0122. The van der Waals surface area contributed by atoms with Crippen LogP contribution in [0.2, 0.25) is 0 Å². The molecule has 2 amide bonds. The third-order valence-corrected chi connectivity index (χ3v) is 7.03. The van der Waals surface area contributed by atoms with Crippen molar-refractivity contribution in [1.82, 2.24) is 15.1 Å². The number of carbonyl (C=O) groups is 2. The number of nitrogens with one attached hydrogen (secondary N) is 1. The van der Waals surface area contributed by atoms with E-state index >= 15 is 0 Å². The van der Waals surface area contributed by atoms with Crippen LogP contribution < -0.4 is 5.32 Å². The SMILES string of the molecule is CC1=C(C(=O)N(C)C(C)C)[C@@H](c2ccc(F)cc2)N2C(CC(=O)NCC3CC3)=CSC2=N1. The van der Waals surface area contributed by atoms with Crippen LogP contribution in [0.25, 0.3) is 0 Å². The summed E-state index contributed by atoms with van der Waals surface area (Å²) < 4.78 is 13.7. The lowest BCUT2D eigenvalue weighted by atomic mass is 9.92. The molecule has 32 heavy (non-hydrogen) atoms. The molecular formula is C24H29FN4O2S. The highest BCUT2D eigenvalue weighted by Gasteiger charge is 2.41. The second kappa shape index (κ2) is 9.10. The molecule has 1 aliphatic carbocycles. The molecule has 4 rings (SSSR count). The van der Waals surface area contributed by atoms with Crippen LogP contribution in [0.5, 0.6) is 0 Å². The molecule has 1 N–H and O–H groups in total. The Kier molecular flexibility index (Phi) is 6.42. The van der Waals surface area contributed by atoms with Crippen LogP contribution in [0.4, 0.5) is 4.39 Å². The molecule has 1 aromatic rings. The highest BCUT2D eigenvalue weighted by Crippen LogP contribution is 2.45. The zero-order valence-corrected chi connectivity index (χ0v) is 19.7. The van der Waals surface area contributed by atoms with Gasteiger partial charge in [-0.3, -0.25) is 9.59 Å². The van der Waals surface area contributed by atoms with Crippen molar-refractivity contribution in [2.75, 3.05) is 13.6 Å². The Hall–Kier alpha value is -2.61. The van der Waals surface area contributed by atoms with Gasteiger partial charge in [-0.05, 0) is 62.6 Å². The first-order chi connectivity index (χ1) is 15.3. The lowest BCUT2D eigenvalue weighted by molar-refractivity contribution is -0.128. The highest BCUT2D eigenvalue weighted by atomic mass is 32.2. The van der Waals surface area contributed by atoms with Crippen LogP contribution in [0, 0.1) is 11.7 Å². The normalized spacial score (nSPS) is 20.2. The van der Waals surface area contributed by atoms with Crippen molar-refractivity contribution in [1.29, 1.82) is 0 Å². The van der Waals surface area contributed by atoms with Gasteiger partial charge in [-0.2, -0.15) is 0 Å². The van der Waals surface area contributed by atoms with E-state index in [0.29, 0.717) is 23.7 Å². The van der Waals surface area contributed by atoms with Gasteiger partial charge in [-0.25, -0.2) is 9.38 Å². The van der Waals surface area contributed by atoms with E-state index in [-0.39, 0.29) is 30.1 Å². The van der Waals surface area contributed by atoms with Crippen LogP contribution >= 0.6 is 11.8 Å². The third-order valence-electron chi connectivity index (χ3n) is 6.14. The number of thioether (sulfide) groups is 1. The summed E-state index contributed by atoms with van der Waals surface area (Å²) in [5, 5.41) is 5.67. The van der Waals surface area contributed by atoms with E-state index in [9.17, 15) is 14.0 Å². The average molecular weight is 457 g/mol. The highest BCUT2D eigenvalue weighted by molar-refractivity contribution is 8.16. The number of benzene rings is 1. The smallest absolute Gasteiger partial charge is 0.254 e. The van der Waals surface area contributed by atoms with Crippen molar-refractivity contribution in [2.24, 2.45) is 10.9 Å². The zero-order valence-electron chi connectivity index (χ0n) is 18.9. The summed E-state index contributed by atoms with van der Waals surface area (Å²) in [6.45, 7) is 6.46. The molecule has 170 valence electrons. The Morgan fingerprint density at radius 1 is 1.28 bits per heavy atom. The number of amidine groups is 1. The molecule has 0 radical (unpaired) electrons. The maximum atomic E-state index is 13.7. The first kappa shape index (κ1) is 22.6. The fraction of sp³-hybridized carbons (Fsp3) is 0.458. The standard InChI is InChI=1S/C24H29FN4O2S/c1-14(2)28(4)23(31)21-15(3)27-24-29(22(21)17-7-9-18(25)10-8-17)19(13-32-24)11-20(30)26-12-16-5-6-16/h7-10,13-14,16,22H,5-6,11-12H2,1-4H3,(H,26,30)/t22-/m1/s1. The molecular weight excluding hydrogens is 427 g/mol. The van der Waals surface area contributed by atoms with Gasteiger partial charge in [0, 0.05) is 25.3 Å². The van der Waals surface area contributed by atoms with Crippen LogP contribution in [0.1, 0.15) is 51.6 Å². The molecule has 0 saturated heterocycles. The van der Waals surface area contributed by atoms with E-state index < -0.39 is 6.04 Å². The minimum Gasteiger partial charge on any atom is -0.355 e. The number of carbonyl (C=O) groups excluding carboxylic acids is 2. The van der Waals surface area contributed by atoms with E-state index in [0.717, 1.165) is 16.4 Å². The molecule has 6 nitrogen and oxygen atoms in total. The number of likely N-dealkylation sites (N-methyl/N-ethyl adjacent to an activating group) is 1. The molecule has 1 fully saturated rings. The van der Waals surface area contributed by atoms with Gasteiger partial charge in [-0.1, -0.05) is 23.9 Å². The van der Waals surface area contributed by atoms with Crippen molar-refractivity contribution >= 4 is 28.7 Å². The van der Waals surface area contributed by atoms with Crippen LogP contribution in [0.15, 0.2) is 51.6 Å². The van der Waals surface area contributed by atoms with Gasteiger partial charge in [0.2, 0.25) is 5.91 Å². The number of hydrogen-bond donors (Lipinski definition) is 1. The maximum absolute atomic E-state index is 13.7. The van der Waals surface area contributed by atoms with Gasteiger partial charge in [0.25, 0.3) is 5.91 Å². The topological polar surface area (TPSA) is 65.0 Å². The number of nitrogens with zero attached hydrogens (tertiary/aromatic N) is 3. The van der Waals surface area contributed by atoms with E-state index in [4.69, 9.17) is 4.99 Å². The van der Waals surface area contributed by atoms with E-state index in [1.165, 1.54) is 36.7 Å². The number of hydrogen-bond acceptors (Lipinski definition) is 5. The molecule has 0 bridgehead atoms. The molecule has 1 atom stereocenters. The first-order valence-electron chi connectivity index (χ1n) is 11.0. The first-order valence-corrected chi connectivity index (χ1v) is 11.9. The van der Waals surface area contributed by atoms with Gasteiger partial charge in [0.1, 0.15) is 5.82 Å². The third kappa shape index (κ3) is 4.60. The van der Waals surface area contributed by atoms with E-state index in [2.05, 4.69) is 5.32 Å². The molecule has 0 aromatic heterocycles. The number of fused-ring (bicyclic) bond motifs is 1. The van der Waals surface area contributed by atoms with Crippen LogP contribution in [0.3, 0.4) is 0 Å². The van der Waals surface area contributed by atoms with Crippen molar-refractivity contribution in [3.8, 4) is 0 Å². The Morgan fingerprint density at radius 2 is 1.97 bits per heavy atom. The summed E-state index contributed by atoms with van der Waals surface area (Å²) in [5.41, 5.74) is 2.76. The number of amides is 2. The lowest BCUT2D eigenvalue weighted by Crippen LogP contribution is -2.42. The summed E-state index contributed by atoms with van der Waals surface area (Å²) in [4.78, 5) is 34.5. The predicted octanol–water partition coefficient (Wildman–Crippen LogP) is 4.18. The monoisotopic (exact) mass is 456 g/mol. The summed E-state index contributed by atoms with van der Waals surface area (Å²) >= 11 is 1.45. The second-order valence-corrected chi connectivity index (χ2v) is 9.72. The lowest BCUT2D eigenvalue weighted by Gasteiger charge is -2.38. The number of rotatable bonds is 7. The molecule has 8 heteroatoms. The zero-order chi connectivity index (χ0) is 23.0. The van der Waals surface area contributed by atoms with E-state index in [1.54, 1.807) is 24.1 Å².